The summed E-state index contributed by atoms with van der Waals surface area (Å²) >= 11 is 0. The molecule has 85 heavy (non-hydrogen) atoms. The van der Waals surface area contributed by atoms with Crippen LogP contribution in [-0.4, -0.2) is 193 Å². The largest absolute Gasteiger partial charge is 0.394 e. The second-order valence-corrected chi connectivity index (χ2v) is 24.6. The molecule has 0 radical (unpaired) electrons. The number of aliphatic hydroxyl groups excluding tert-OH is 11. The smallest absolute Gasteiger partial charge is 0.220 e. The Kier molecular flexibility index (Phi) is 44.7. The number of ether oxygens (including phenoxy) is 6. The molecule has 0 aromatic heterocycles. The van der Waals surface area contributed by atoms with E-state index in [1.165, 1.54) is 180 Å². The van der Waals surface area contributed by atoms with Crippen LogP contribution in [0.3, 0.4) is 0 Å². The average molecular weight is 1220 g/mol. The van der Waals surface area contributed by atoms with Crippen LogP contribution >= 0.6 is 0 Å². The second-order valence-electron chi connectivity index (χ2n) is 24.6. The molecule has 19 heteroatoms. The van der Waals surface area contributed by atoms with E-state index in [4.69, 9.17) is 28.4 Å². The Bertz CT molecular complexity index is 1640. The number of unbranched alkanes of at least 4 members (excludes halogenated alkanes) is 32. The van der Waals surface area contributed by atoms with Crippen LogP contribution in [0.2, 0.25) is 0 Å². The summed E-state index contributed by atoms with van der Waals surface area (Å²) in [6.45, 7) is 1.61. The zero-order valence-electron chi connectivity index (χ0n) is 52.6. The average Bonchev–Trinajstić information content (AvgIpc) is 3.44. The van der Waals surface area contributed by atoms with E-state index in [2.05, 4.69) is 36.5 Å². The Morgan fingerprint density at radius 1 is 0.424 bits per heavy atom. The monoisotopic (exact) mass is 1220 g/mol. The first-order valence-electron chi connectivity index (χ1n) is 34.1. The number of carbonyl (C=O) groups excluding carboxylic acids is 1. The van der Waals surface area contributed by atoms with Gasteiger partial charge in [-0.1, -0.05) is 231 Å². The van der Waals surface area contributed by atoms with E-state index >= 15 is 0 Å². The number of aliphatic hydroxyl groups is 11. The van der Waals surface area contributed by atoms with E-state index in [9.17, 15) is 61.0 Å². The molecular weight excluding hydrogens is 1090 g/mol. The van der Waals surface area contributed by atoms with Crippen molar-refractivity contribution < 1.29 is 89.4 Å². The highest BCUT2D eigenvalue weighted by atomic mass is 16.8. The van der Waals surface area contributed by atoms with Crippen LogP contribution in [0.1, 0.15) is 258 Å². The van der Waals surface area contributed by atoms with Crippen molar-refractivity contribution in [3.8, 4) is 0 Å². The summed E-state index contributed by atoms with van der Waals surface area (Å²) < 4.78 is 34.1. The van der Waals surface area contributed by atoms with Gasteiger partial charge >= 0.3 is 0 Å². The van der Waals surface area contributed by atoms with Gasteiger partial charge in [-0.2, -0.15) is 0 Å². The number of hydrogen-bond donors (Lipinski definition) is 12. The second kappa shape index (κ2) is 49.0. The van der Waals surface area contributed by atoms with Crippen LogP contribution in [0.25, 0.3) is 0 Å². The first kappa shape index (κ1) is 77.5. The predicted octanol–water partition coefficient (Wildman–Crippen LogP) is 8.27. The zero-order valence-corrected chi connectivity index (χ0v) is 52.6. The Labute approximate surface area is 511 Å². The van der Waals surface area contributed by atoms with E-state index in [-0.39, 0.29) is 18.9 Å². The first-order chi connectivity index (χ1) is 41.3. The molecule has 0 bridgehead atoms. The lowest BCUT2D eigenvalue weighted by molar-refractivity contribution is -0.379. The fourth-order valence-corrected chi connectivity index (χ4v) is 11.7. The summed E-state index contributed by atoms with van der Waals surface area (Å²) in [7, 11) is 0. The zero-order chi connectivity index (χ0) is 61.9. The molecule has 19 nitrogen and oxygen atoms in total. The molecule has 0 spiro atoms. The fourth-order valence-electron chi connectivity index (χ4n) is 11.7. The Morgan fingerprint density at radius 3 is 1.20 bits per heavy atom. The van der Waals surface area contributed by atoms with Crippen molar-refractivity contribution in [3.63, 3.8) is 0 Å². The van der Waals surface area contributed by atoms with Crippen molar-refractivity contribution in [2.45, 2.75) is 362 Å². The van der Waals surface area contributed by atoms with Gasteiger partial charge in [0.1, 0.15) is 73.2 Å². The highest BCUT2D eigenvalue weighted by Gasteiger charge is 2.53. The molecule has 500 valence electrons. The van der Waals surface area contributed by atoms with Gasteiger partial charge in [0, 0.05) is 6.42 Å². The number of rotatable bonds is 52. The molecule has 3 saturated heterocycles. The molecule has 1 amide bonds. The molecule has 3 aliphatic heterocycles. The maximum Gasteiger partial charge on any atom is 0.220 e. The first-order valence-corrected chi connectivity index (χ1v) is 34.1. The molecule has 0 saturated carbocycles. The topological polar surface area (TPSA) is 307 Å². The SMILES string of the molecule is CCCCCCC/C=C\C/C=C\CCCCCCCCCCCCCCCCCCCCCCCCCCCC(=O)NC(COC1OC(CO)C(OC2OC(CO)C(OC3OC(CO)C(O)C(O)C3O)C(O)C2O)C(O)C1O)C(O)CCCCC. The van der Waals surface area contributed by atoms with Gasteiger partial charge in [0.05, 0.1) is 38.6 Å². The van der Waals surface area contributed by atoms with Crippen LogP contribution in [-0.2, 0) is 33.2 Å². The van der Waals surface area contributed by atoms with Crippen LogP contribution in [0.5, 0.6) is 0 Å². The molecule has 12 N–H and O–H groups in total. The quantitative estimate of drug-likeness (QED) is 0.0201. The molecule has 0 aromatic rings. The van der Waals surface area contributed by atoms with Gasteiger partial charge in [-0.3, -0.25) is 4.79 Å². The van der Waals surface area contributed by atoms with Gasteiger partial charge in [-0.05, 0) is 44.9 Å². The van der Waals surface area contributed by atoms with Crippen molar-refractivity contribution in [3.05, 3.63) is 24.3 Å². The summed E-state index contributed by atoms with van der Waals surface area (Å²) in [5, 5.41) is 119. The standard InChI is InChI=1S/C66H123NO18/c1-3-5-7-8-9-10-11-12-13-14-15-16-17-18-19-20-21-22-23-24-25-26-27-28-29-30-31-32-33-34-35-36-37-38-39-40-42-44-54(72)67-49(50(71)43-41-6-4-2)48-80-64-60(78)57(75)62(52(46-69)82-64)85-66-61(79)58(76)63(53(47-70)83-66)84-65-59(77)56(74)55(73)51(45-68)81-65/h11-12,14-15,49-53,55-66,68-71,73-79H,3-10,13,16-48H2,1-2H3,(H,67,72)/b12-11-,15-14-. The minimum atomic E-state index is -1.97. The van der Waals surface area contributed by atoms with E-state index in [0.717, 1.165) is 38.5 Å². The van der Waals surface area contributed by atoms with Crippen molar-refractivity contribution in [1.29, 1.82) is 0 Å². The fraction of sp³-hybridized carbons (Fsp3) is 0.924. The predicted molar refractivity (Wildman–Crippen MR) is 328 cm³/mol. The third kappa shape index (κ3) is 31.7. The Morgan fingerprint density at radius 2 is 0.776 bits per heavy atom. The van der Waals surface area contributed by atoms with Crippen LogP contribution in [0.4, 0.5) is 0 Å². The number of carbonyl (C=O) groups is 1. The number of allylic oxidation sites excluding steroid dienone is 4. The number of nitrogens with one attached hydrogen (secondary N) is 1. The van der Waals surface area contributed by atoms with Gasteiger partial charge in [0.2, 0.25) is 5.91 Å². The van der Waals surface area contributed by atoms with Crippen molar-refractivity contribution >= 4 is 5.91 Å². The van der Waals surface area contributed by atoms with E-state index in [0.29, 0.717) is 19.3 Å². The molecule has 3 aliphatic rings. The lowest BCUT2D eigenvalue weighted by Crippen LogP contribution is -2.66. The maximum atomic E-state index is 13.2. The summed E-state index contributed by atoms with van der Waals surface area (Å²) in [6.07, 6.45) is 28.7. The minimum Gasteiger partial charge on any atom is -0.394 e. The van der Waals surface area contributed by atoms with Crippen LogP contribution in [0, 0.1) is 0 Å². The molecular formula is C66H123NO18. The molecule has 0 aromatic carbocycles. The van der Waals surface area contributed by atoms with Crippen LogP contribution < -0.4 is 5.32 Å². The van der Waals surface area contributed by atoms with Gasteiger partial charge in [-0.25, -0.2) is 0 Å². The Hall–Kier alpha value is -1.73. The molecule has 3 rings (SSSR count). The van der Waals surface area contributed by atoms with Gasteiger partial charge in [-0.15, -0.1) is 0 Å². The molecule has 3 fully saturated rings. The third-order valence-corrected chi connectivity index (χ3v) is 17.3. The minimum absolute atomic E-state index is 0.251. The van der Waals surface area contributed by atoms with Crippen molar-refractivity contribution in [2.24, 2.45) is 0 Å². The highest BCUT2D eigenvalue weighted by molar-refractivity contribution is 5.76. The summed E-state index contributed by atoms with van der Waals surface area (Å²) in [6, 6.07) is -0.879. The third-order valence-electron chi connectivity index (χ3n) is 17.3. The normalized spacial score (nSPS) is 29.1. The lowest BCUT2D eigenvalue weighted by Gasteiger charge is -2.48. The number of hydrogen-bond acceptors (Lipinski definition) is 18. The summed E-state index contributed by atoms with van der Waals surface area (Å²) in [4.78, 5) is 13.2. The molecule has 17 unspecified atom stereocenters. The van der Waals surface area contributed by atoms with Crippen molar-refractivity contribution in [1.82, 2.24) is 5.32 Å². The Balaban J connectivity index is 1.20. The lowest BCUT2D eigenvalue weighted by atomic mass is 9.96. The molecule has 0 aliphatic carbocycles. The molecule has 17 atom stereocenters. The van der Waals surface area contributed by atoms with Crippen molar-refractivity contribution in [2.75, 3.05) is 26.4 Å². The van der Waals surface area contributed by atoms with E-state index < -0.39 is 124 Å². The van der Waals surface area contributed by atoms with Gasteiger partial charge in [0.15, 0.2) is 18.9 Å². The van der Waals surface area contributed by atoms with Crippen LogP contribution in [0.15, 0.2) is 24.3 Å². The van der Waals surface area contributed by atoms with Gasteiger partial charge < -0.3 is 89.9 Å². The maximum absolute atomic E-state index is 13.2. The summed E-state index contributed by atoms with van der Waals surface area (Å²) in [5.41, 5.74) is 0. The summed E-state index contributed by atoms with van der Waals surface area (Å²) in [5.74, 6) is -0.251. The number of amides is 1. The molecule has 3 heterocycles. The van der Waals surface area contributed by atoms with E-state index in [1.54, 1.807) is 0 Å². The highest BCUT2D eigenvalue weighted by Crippen LogP contribution is 2.33. The van der Waals surface area contributed by atoms with Gasteiger partial charge in [0.25, 0.3) is 0 Å². The van der Waals surface area contributed by atoms with E-state index in [1.807, 2.05) is 6.92 Å².